The summed E-state index contributed by atoms with van der Waals surface area (Å²) in [4.78, 5) is 23.3. The minimum Gasteiger partial charge on any atom is -0.872 e. The Balaban J connectivity index is 0.000000373. The second-order valence-electron chi connectivity index (χ2n) is 9.53. The Morgan fingerprint density at radius 3 is 0.564 bits per heavy atom. The van der Waals surface area contributed by atoms with Gasteiger partial charge in [-0.1, -0.05) is 11.5 Å². The SMILES string of the molecule is O=C(/C=C(/[O-])c1c(F)c(F)c(F)c(F)c1F)c1c(F)c(F)c(F)c(F)c1F.O=C(/C=C(\[O-])c1c(F)c(F)c(F)c(F)c1F)c1c(F)c(F)c(F)c(F)c1F.[Pd+2]. The first-order valence-corrected chi connectivity index (χ1v) is 12.8. The zero-order valence-corrected chi connectivity index (χ0v) is 26.2. The van der Waals surface area contributed by atoms with Crippen molar-refractivity contribution in [3.8, 4) is 0 Å². The molecule has 0 spiro atoms. The molecule has 0 atom stereocenters. The number of ketones is 2. The third kappa shape index (κ3) is 8.02. The Hall–Kier alpha value is -5.44. The number of rotatable bonds is 6. The molecule has 0 aliphatic heterocycles. The second kappa shape index (κ2) is 16.9. The summed E-state index contributed by atoms with van der Waals surface area (Å²) in [5.41, 5.74) is -8.65. The van der Waals surface area contributed by atoms with Gasteiger partial charge in [-0.05, 0) is 12.2 Å². The zero-order valence-electron chi connectivity index (χ0n) is 24.7. The maximum Gasteiger partial charge on any atom is 2.00 e. The summed E-state index contributed by atoms with van der Waals surface area (Å²) in [6.45, 7) is 0. The number of allylic oxidation sites excluding steroid dienone is 2. The van der Waals surface area contributed by atoms with E-state index >= 15 is 0 Å². The molecular formula is C30H2F20O4Pd. The fourth-order valence-electron chi connectivity index (χ4n) is 3.81. The summed E-state index contributed by atoms with van der Waals surface area (Å²) in [7, 11) is 0. The van der Waals surface area contributed by atoms with Gasteiger partial charge in [0.05, 0.1) is 11.1 Å². The van der Waals surface area contributed by atoms with Gasteiger partial charge in [-0.3, -0.25) is 9.59 Å². The van der Waals surface area contributed by atoms with Gasteiger partial charge >= 0.3 is 20.4 Å². The predicted molar refractivity (Wildman–Crippen MR) is 130 cm³/mol. The Kier molecular flexibility index (Phi) is 14.1. The molecule has 0 saturated carbocycles. The molecule has 0 radical (unpaired) electrons. The number of carbonyl (C=O) groups is 2. The largest absolute Gasteiger partial charge is 2.00 e. The first-order valence-electron chi connectivity index (χ1n) is 12.8. The number of carbonyl (C=O) groups excluding carboxylic acids is 2. The Morgan fingerprint density at radius 2 is 0.400 bits per heavy atom. The summed E-state index contributed by atoms with van der Waals surface area (Å²) in [6.07, 6.45) is -1.17. The van der Waals surface area contributed by atoms with Crippen molar-refractivity contribution in [1.29, 1.82) is 0 Å². The topological polar surface area (TPSA) is 80.3 Å². The Morgan fingerprint density at radius 1 is 0.273 bits per heavy atom. The molecule has 4 nitrogen and oxygen atoms in total. The van der Waals surface area contributed by atoms with E-state index in [1.54, 1.807) is 0 Å². The monoisotopic (exact) mass is 912 g/mol. The Bertz CT molecular complexity index is 2080. The van der Waals surface area contributed by atoms with Crippen molar-refractivity contribution in [2.75, 3.05) is 0 Å². The molecule has 0 bridgehead atoms. The van der Waals surface area contributed by atoms with E-state index in [0.717, 1.165) is 0 Å². The molecule has 4 aromatic rings. The minimum absolute atomic E-state index is 0. The van der Waals surface area contributed by atoms with Crippen molar-refractivity contribution in [3.63, 3.8) is 0 Å². The van der Waals surface area contributed by atoms with Crippen molar-refractivity contribution in [3.05, 3.63) is 151 Å². The van der Waals surface area contributed by atoms with E-state index in [4.69, 9.17) is 0 Å². The maximum absolute atomic E-state index is 13.5. The summed E-state index contributed by atoms with van der Waals surface area (Å²) in [5.74, 6) is -61.4. The molecule has 0 aliphatic carbocycles. The van der Waals surface area contributed by atoms with Crippen LogP contribution < -0.4 is 10.2 Å². The van der Waals surface area contributed by atoms with Crippen LogP contribution in [-0.2, 0) is 20.4 Å². The van der Waals surface area contributed by atoms with E-state index in [-0.39, 0.29) is 20.4 Å². The van der Waals surface area contributed by atoms with Crippen LogP contribution in [0, 0.1) is 116 Å². The van der Waals surface area contributed by atoms with Gasteiger partial charge in [0.1, 0.15) is 0 Å². The quantitative estimate of drug-likeness (QED) is 0.0387. The van der Waals surface area contributed by atoms with Crippen LogP contribution in [0.1, 0.15) is 31.8 Å². The normalized spacial score (nSPS) is 11.6. The van der Waals surface area contributed by atoms with Crippen molar-refractivity contribution in [2.24, 2.45) is 0 Å². The third-order valence-electron chi connectivity index (χ3n) is 6.35. The molecule has 4 rings (SSSR count). The fraction of sp³-hybridized carbons (Fsp3) is 0. The molecule has 0 unspecified atom stereocenters. The molecule has 0 fully saturated rings. The molecule has 55 heavy (non-hydrogen) atoms. The molecule has 0 N–H and O–H groups in total. The summed E-state index contributed by atoms with van der Waals surface area (Å²) >= 11 is 0. The molecule has 0 aliphatic rings. The van der Waals surface area contributed by atoms with Crippen LogP contribution in [0.25, 0.3) is 11.5 Å². The minimum atomic E-state index is -2.64. The molecule has 25 heteroatoms. The number of hydrogen-bond acceptors (Lipinski definition) is 4. The van der Waals surface area contributed by atoms with Crippen LogP contribution >= 0.6 is 0 Å². The smallest absolute Gasteiger partial charge is 0.872 e. The van der Waals surface area contributed by atoms with E-state index in [2.05, 4.69) is 0 Å². The summed E-state index contributed by atoms with van der Waals surface area (Å²) in [6, 6.07) is 0. The van der Waals surface area contributed by atoms with Crippen molar-refractivity contribution < 1.29 is 128 Å². The van der Waals surface area contributed by atoms with Crippen LogP contribution in [0.15, 0.2) is 12.2 Å². The number of halogens is 20. The van der Waals surface area contributed by atoms with E-state index in [1.807, 2.05) is 0 Å². The van der Waals surface area contributed by atoms with Crippen molar-refractivity contribution >= 4 is 23.1 Å². The van der Waals surface area contributed by atoms with Crippen LogP contribution in [0.5, 0.6) is 0 Å². The van der Waals surface area contributed by atoms with Gasteiger partial charge in [-0.25, -0.2) is 87.8 Å². The predicted octanol–water partition coefficient (Wildman–Crippen LogP) is 7.32. The first-order chi connectivity index (χ1) is 24.8. The Labute approximate surface area is 301 Å². The van der Waals surface area contributed by atoms with Crippen LogP contribution in [0.4, 0.5) is 87.8 Å². The van der Waals surface area contributed by atoms with Gasteiger partial charge in [-0.2, -0.15) is 0 Å². The van der Waals surface area contributed by atoms with Crippen molar-refractivity contribution in [2.45, 2.75) is 0 Å². The standard InChI is InChI=1S/2C15H2F10O2.Pd/c2*16-6-4(7(17)11(21)14(24)10(6)20)2(26)1-3(27)5-8(18)12(22)15(25)13(23)9(5)19;/h2*1,26H;/q;;+2/p-2/b2-1+;2-1-;. The summed E-state index contributed by atoms with van der Waals surface area (Å²) in [5, 5.41) is 23.3. The molecule has 0 saturated heterocycles. The van der Waals surface area contributed by atoms with Crippen molar-refractivity contribution in [1.82, 2.24) is 0 Å². The zero-order chi connectivity index (χ0) is 41.6. The average Bonchev–Trinajstić information content (AvgIpc) is 3.11. The van der Waals surface area contributed by atoms with E-state index < -0.39 is 174 Å². The van der Waals surface area contributed by atoms with E-state index in [1.165, 1.54) is 0 Å². The van der Waals surface area contributed by atoms with E-state index in [9.17, 15) is 108 Å². The van der Waals surface area contributed by atoms with Crippen LogP contribution in [-0.4, -0.2) is 11.6 Å². The molecule has 0 aromatic heterocycles. The van der Waals surface area contributed by atoms with Crippen LogP contribution in [0.2, 0.25) is 0 Å². The van der Waals surface area contributed by atoms with E-state index in [0.29, 0.717) is 0 Å². The van der Waals surface area contributed by atoms with Gasteiger partial charge in [0.15, 0.2) is 105 Å². The third-order valence-corrected chi connectivity index (χ3v) is 6.35. The molecule has 0 amide bonds. The van der Waals surface area contributed by atoms with Gasteiger partial charge in [0.25, 0.3) is 0 Å². The average molecular weight is 913 g/mol. The van der Waals surface area contributed by atoms with Gasteiger partial charge in [0, 0.05) is 11.1 Å². The molecular weight excluding hydrogens is 911 g/mol. The fourth-order valence-corrected chi connectivity index (χ4v) is 3.81. The molecule has 0 heterocycles. The molecule has 296 valence electrons. The first kappa shape index (κ1) is 45.7. The van der Waals surface area contributed by atoms with Crippen LogP contribution in [0.3, 0.4) is 0 Å². The number of benzene rings is 4. The van der Waals surface area contributed by atoms with Gasteiger partial charge in [-0.15, -0.1) is 0 Å². The van der Waals surface area contributed by atoms with Gasteiger partial charge in [0.2, 0.25) is 23.3 Å². The number of hydrogen-bond donors (Lipinski definition) is 0. The molecule has 4 aromatic carbocycles. The van der Waals surface area contributed by atoms with Gasteiger partial charge < -0.3 is 10.2 Å². The second-order valence-corrected chi connectivity index (χ2v) is 9.53. The maximum atomic E-state index is 13.5. The summed E-state index contributed by atoms with van der Waals surface area (Å²) < 4.78 is 263.